The number of hydrogen-bond donors (Lipinski definition) is 2. The van der Waals surface area contributed by atoms with Crippen molar-refractivity contribution in [2.45, 2.75) is 32.4 Å². The molecular weight excluding hydrogens is 364 g/mol. The molecule has 5 nitrogen and oxygen atoms in total. The molecule has 1 atom stereocenters. The Hall–Kier alpha value is -3.18. The first-order chi connectivity index (χ1) is 14.1. The first kappa shape index (κ1) is 20.6. The number of hydrogen-bond acceptors (Lipinski definition) is 3. The van der Waals surface area contributed by atoms with E-state index in [4.69, 9.17) is 0 Å². The Bertz CT molecular complexity index is 998. The Morgan fingerprint density at radius 3 is 2.24 bits per heavy atom. The van der Waals surface area contributed by atoms with Gasteiger partial charge < -0.3 is 15.0 Å². The number of benzene rings is 2. The third-order valence-electron chi connectivity index (χ3n) is 4.97. The van der Waals surface area contributed by atoms with Crippen molar-refractivity contribution in [1.29, 1.82) is 0 Å². The van der Waals surface area contributed by atoms with Gasteiger partial charge in [0.25, 0.3) is 11.5 Å². The summed E-state index contributed by atoms with van der Waals surface area (Å²) in [6.07, 6.45) is 2.93. The van der Waals surface area contributed by atoms with Crippen molar-refractivity contribution >= 4 is 5.91 Å². The molecule has 3 aromatic rings. The molecule has 0 bridgehead atoms. The molecule has 0 aliphatic heterocycles. The molecule has 2 aromatic carbocycles. The van der Waals surface area contributed by atoms with Crippen LogP contribution in [0.3, 0.4) is 0 Å². The Kier molecular flexibility index (Phi) is 6.98. The Morgan fingerprint density at radius 2 is 1.62 bits per heavy atom. The fraction of sp³-hybridized carbons (Fsp3) is 0.250. The van der Waals surface area contributed by atoms with Crippen LogP contribution in [0, 0.1) is 6.92 Å². The van der Waals surface area contributed by atoms with Gasteiger partial charge in [-0.2, -0.15) is 0 Å². The van der Waals surface area contributed by atoms with Crippen LogP contribution in [0.4, 0.5) is 0 Å². The second-order valence-corrected chi connectivity index (χ2v) is 7.15. The summed E-state index contributed by atoms with van der Waals surface area (Å²) in [6, 6.07) is 20.9. The predicted octanol–water partition coefficient (Wildman–Crippen LogP) is 2.73. The molecule has 0 spiro atoms. The zero-order valence-corrected chi connectivity index (χ0v) is 16.5. The summed E-state index contributed by atoms with van der Waals surface area (Å²) >= 11 is 0. The lowest BCUT2D eigenvalue weighted by molar-refractivity contribution is 0.0913. The molecule has 29 heavy (non-hydrogen) atoms. The fourth-order valence-electron chi connectivity index (χ4n) is 3.33. The lowest BCUT2D eigenvalue weighted by Gasteiger charge is -2.17. The van der Waals surface area contributed by atoms with Crippen molar-refractivity contribution in [1.82, 2.24) is 9.88 Å². The summed E-state index contributed by atoms with van der Waals surface area (Å²) in [4.78, 5) is 25.8. The van der Waals surface area contributed by atoms with Gasteiger partial charge in [-0.15, -0.1) is 0 Å². The molecular formula is C24H26N2O3. The number of amides is 1. The summed E-state index contributed by atoms with van der Waals surface area (Å²) in [7, 11) is 0. The van der Waals surface area contributed by atoms with Crippen LogP contribution in [0.1, 0.15) is 27.0 Å². The van der Waals surface area contributed by atoms with Crippen molar-refractivity contribution in [3.63, 3.8) is 0 Å². The molecule has 0 unspecified atom stereocenters. The number of pyridine rings is 1. The molecule has 0 aliphatic rings. The average molecular weight is 390 g/mol. The maximum Gasteiger partial charge on any atom is 0.263 e. The van der Waals surface area contributed by atoms with E-state index in [1.54, 1.807) is 23.8 Å². The number of nitrogens with one attached hydrogen (secondary N) is 1. The number of aryl methyl sites for hydroxylation is 3. The van der Waals surface area contributed by atoms with Crippen LogP contribution >= 0.6 is 0 Å². The van der Waals surface area contributed by atoms with Crippen LogP contribution < -0.4 is 10.9 Å². The number of aliphatic hydroxyl groups excluding tert-OH is 1. The van der Waals surface area contributed by atoms with Gasteiger partial charge in [0.15, 0.2) is 0 Å². The van der Waals surface area contributed by atoms with E-state index >= 15 is 0 Å². The third kappa shape index (κ3) is 5.42. The van der Waals surface area contributed by atoms with E-state index in [1.807, 2.05) is 60.7 Å². The molecule has 1 aromatic heterocycles. The van der Waals surface area contributed by atoms with Crippen molar-refractivity contribution in [2.24, 2.45) is 0 Å². The molecule has 0 aliphatic carbocycles. The van der Waals surface area contributed by atoms with Gasteiger partial charge in [-0.3, -0.25) is 9.59 Å². The SMILES string of the molecule is Cc1ccn(CCc2ccccc2)c(=O)c1C(=O)N[C@H](CO)Cc1ccccc1. The minimum absolute atomic E-state index is 0.132. The van der Waals surface area contributed by atoms with Gasteiger partial charge in [0.2, 0.25) is 0 Å². The molecule has 3 rings (SSSR count). The maximum absolute atomic E-state index is 12.9. The van der Waals surface area contributed by atoms with E-state index in [1.165, 1.54) is 0 Å². The summed E-state index contributed by atoms with van der Waals surface area (Å²) < 4.78 is 1.57. The van der Waals surface area contributed by atoms with Crippen LogP contribution in [-0.2, 0) is 19.4 Å². The number of aliphatic hydroxyl groups is 1. The number of carbonyl (C=O) groups is 1. The van der Waals surface area contributed by atoms with Gasteiger partial charge in [0.05, 0.1) is 12.6 Å². The quantitative estimate of drug-likeness (QED) is 0.621. The number of nitrogens with zero attached hydrogens (tertiary/aromatic N) is 1. The van der Waals surface area contributed by atoms with Crippen LogP contribution in [0.2, 0.25) is 0 Å². The summed E-state index contributed by atoms with van der Waals surface area (Å²) in [5, 5.41) is 12.5. The van der Waals surface area contributed by atoms with Crippen LogP contribution in [-0.4, -0.2) is 28.2 Å². The second-order valence-electron chi connectivity index (χ2n) is 7.15. The summed E-state index contributed by atoms with van der Waals surface area (Å²) in [6.45, 7) is 2.05. The topological polar surface area (TPSA) is 71.3 Å². The molecule has 2 N–H and O–H groups in total. The highest BCUT2D eigenvalue weighted by atomic mass is 16.3. The number of rotatable bonds is 8. The largest absolute Gasteiger partial charge is 0.394 e. The van der Waals surface area contributed by atoms with E-state index < -0.39 is 11.9 Å². The van der Waals surface area contributed by atoms with Crippen molar-refractivity contribution in [2.75, 3.05) is 6.61 Å². The number of aromatic nitrogens is 1. The maximum atomic E-state index is 12.9. The highest BCUT2D eigenvalue weighted by Crippen LogP contribution is 2.07. The van der Waals surface area contributed by atoms with Crippen LogP contribution in [0.25, 0.3) is 0 Å². The van der Waals surface area contributed by atoms with Crippen molar-refractivity contribution in [3.05, 3.63) is 106 Å². The van der Waals surface area contributed by atoms with Gasteiger partial charge in [-0.1, -0.05) is 60.7 Å². The highest BCUT2D eigenvalue weighted by molar-refractivity contribution is 5.95. The first-order valence-corrected chi connectivity index (χ1v) is 9.78. The second kappa shape index (κ2) is 9.85. The van der Waals surface area contributed by atoms with E-state index in [-0.39, 0.29) is 17.7 Å². The zero-order chi connectivity index (χ0) is 20.6. The molecule has 5 heteroatoms. The van der Waals surface area contributed by atoms with Crippen LogP contribution in [0.15, 0.2) is 77.7 Å². The molecule has 0 radical (unpaired) electrons. The molecule has 0 fully saturated rings. The van der Waals surface area contributed by atoms with Gasteiger partial charge >= 0.3 is 0 Å². The van der Waals surface area contributed by atoms with Crippen molar-refractivity contribution < 1.29 is 9.90 Å². The van der Waals surface area contributed by atoms with Gasteiger partial charge in [0, 0.05) is 12.7 Å². The van der Waals surface area contributed by atoms with Gasteiger partial charge in [0.1, 0.15) is 5.56 Å². The van der Waals surface area contributed by atoms with Crippen LogP contribution in [0.5, 0.6) is 0 Å². The lowest BCUT2D eigenvalue weighted by atomic mass is 10.1. The Balaban J connectivity index is 1.74. The lowest BCUT2D eigenvalue weighted by Crippen LogP contribution is -2.42. The molecule has 0 saturated heterocycles. The molecule has 1 amide bonds. The van der Waals surface area contributed by atoms with Gasteiger partial charge in [-0.05, 0) is 42.5 Å². The third-order valence-corrected chi connectivity index (χ3v) is 4.97. The average Bonchev–Trinajstić information content (AvgIpc) is 2.74. The van der Waals surface area contributed by atoms with E-state index in [0.29, 0.717) is 24.9 Å². The van der Waals surface area contributed by atoms with E-state index in [2.05, 4.69) is 5.32 Å². The minimum Gasteiger partial charge on any atom is -0.394 e. The number of carbonyl (C=O) groups excluding carboxylic acids is 1. The Labute approximate surface area is 170 Å². The summed E-state index contributed by atoms with van der Waals surface area (Å²) in [5.74, 6) is -0.448. The molecule has 150 valence electrons. The fourth-order valence-corrected chi connectivity index (χ4v) is 3.33. The van der Waals surface area contributed by atoms with Crippen molar-refractivity contribution in [3.8, 4) is 0 Å². The standard InChI is InChI=1S/C24H26N2O3/c1-18-12-14-26(15-13-19-8-4-2-5-9-19)24(29)22(18)23(28)25-21(17-27)16-20-10-6-3-7-11-20/h2-12,14,21,27H,13,15-17H2,1H3,(H,25,28)/t21-/m0/s1. The van der Waals surface area contributed by atoms with Gasteiger partial charge in [-0.25, -0.2) is 0 Å². The highest BCUT2D eigenvalue weighted by Gasteiger charge is 2.19. The Morgan fingerprint density at radius 1 is 1.00 bits per heavy atom. The zero-order valence-electron chi connectivity index (χ0n) is 16.5. The monoisotopic (exact) mass is 390 g/mol. The summed E-state index contributed by atoms with van der Waals surface area (Å²) in [5.41, 5.74) is 2.59. The molecule has 1 heterocycles. The minimum atomic E-state index is -0.457. The molecule has 0 saturated carbocycles. The predicted molar refractivity (Wildman–Crippen MR) is 114 cm³/mol. The van der Waals surface area contributed by atoms with E-state index in [9.17, 15) is 14.7 Å². The smallest absolute Gasteiger partial charge is 0.263 e. The first-order valence-electron chi connectivity index (χ1n) is 9.78. The van der Waals surface area contributed by atoms with E-state index in [0.717, 1.165) is 11.1 Å². The normalized spacial score (nSPS) is 11.8.